The van der Waals surface area contributed by atoms with Crippen LogP contribution in [-0.2, 0) is 6.54 Å². The van der Waals surface area contributed by atoms with E-state index in [9.17, 15) is 0 Å². The molecule has 128 valence electrons. The maximum Gasteiger partial charge on any atom is 0.191 e. The second-order valence-corrected chi connectivity index (χ2v) is 6.52. The van der Waals surface area contributed by atoms with Gasteiger partial charge in [0.1, 0.15) is 5.75 Å². The van der Waals surface area contributed by atoms with Crippen molar-refractivity contribution < 1.29 is 4.74 Å². The molecule has 0 fully saturated rings. The van der Waals surface area contributed by atoms with Crippen LogP contribution in [0.5, 0.6) is 5.75 Å². The lowest BCUT2D eigenvalue weighted by molar-refractivity contribution is 0.343. The first-order valence-electron chi connectivity index (χ1n) is 8.04. The fraction of sp³-hybridized carbons (Fsp3) is 0.211. The van der Waals surface area contributed by atoms with Gasteiger partial charge in [0.05, 0.1) is 6.61 Å². The predicted molar refractivity (Wildman–Crippen MR) is 101 cm³/mol. The Morgan fingerprint density at radius 1 is 1.20 bits per heavy atom. The van der Waals surface area contributed by atoms with Crippen LogP contribution < -0.4 is 4.74 Å². The van der Waals surface area contributed by atoms with E-state index in [2.05, 4.69) is 39.3 Å². The van der Waals surface area contributed by atoms with Crippen molar-refractivity contribution in [2.24, 2.45) is 0 Å². The Morgan fingerprint density at radius 2 is 2.04 bits per heavy atom. The van der Waals surface area contributed by atoms with Crippen LogP contribution >= 0.6 is 11.8 Å². The van der Waals surface area contributed by atoms with E-state index < -0.39 is 0 Å². The van der Waals surface area contributed by atoms with Gasteiger partial charge in [-0.1, -0.05) is 30.0 Å². The van der Waals surface area contributed by atoms with Gasteiger partial charge in [0.25, 0.3) is 0 Å². The minimum Gasteiger partial charge on any atom is -0.493 e. The molecule has 0 saturated carbocycles. The van der Waals surface area contributed by atoms with E-state index in [0.29, 0.717) is 13.2 Å². The Labute approximate surface area is 151 Å². The molecule has 0 radical (unpaired) electrons. The maximum absolute atomic E-state index is 5.79. The second kappa shape index (κ2) is 8.48. The van der Waals surface area contributed by atoms with Crippen molar-refractivity contribution in [2.75, 3.05) is 12.4 Å². The number of hydrogen-bond acceptors (Lipinski definition) is 5. The number of thioether (sulfide) groups is 1. The average molecular weight is 352 g/mol. The van der Waals surface area contributed by atoms with Gasteiger partial charge in [0.15, 0.2) is 11.0 Å². The van der Waals surface area contributed by atoms with E-state index in [1.54, 1.807) is 24.2 Å². The van der Waals surface area contributed by atoms with Crippen LogP contribution in [0.3, 0.4) is 0 Å². The van der Waals surface area contributed by atoms with E-state index in [0.717, 1.165) is 28.0 Å². The van der Waals surface area contributed by atoms with Gasteiger partial charge in [-0.25, -0.2) is 0 Å². The van der Waals surface area contributed by atoms with Crippen LogP contribution in [0.1, 0.15) is 5.56 Å². The fourth-order valence-corrected chi connectivity index (χ4v) is 3.17. The van der Waals surface area contributed by atoms with E-state index in [-0.39, 0.29) is 0 Å². The van der Waals surface area contributed by atoms with E-state index >= 15 is 0 Å². The lowest BCUT2D eigenvalue weighted by Gasteiger charge is -2.09. The Bertz CT molecular complexity index is 832. The highest BCUT2D eigenvalue weighted by molar-refractivity contribution is 7.99. The molecule has 0 atom stereocenters. The number of hydrogen-bond donors (Lipinski definition) is 0. The molecule has 2 heterocycles. The molecule has 0 saturated heterocycles. The second-order valence-electron chi connectivity index (χ2n) is 5.45. The summed E-state index contributed by atoms with van der Waals surface area (Å²) in [4.78, 5) is 4.05. The predicted octanol–water partition coefficient (Wildman–Crippen LogP) is 4.01. The molecule has 0 aliphatic rings. The molecule has 0 bridgehead atoms. The normalized spacial score (nSPS) is 10.6. The largest absolute Gasteiger partial charge is 0.493 e. The first-order chi connectivity index (χ1) is 12.3. The highest BCUT2D eigenvalue weighted by Crippen LogP contribution is 2.23. The number of benzene rings is 1. The molecule has 0 aliphatic heterocycles. The molecule has 0 N–H and O–H groups in total. The number of rotatable bonds is 8. The molecule has 3 aromatic rings. The molecule has 2 aromatic heterocycles. The quantitative estimate of drug-likeness (QED) is 0.348. The number of pyridine rings is 1. The molecule has 0 aliphatic carbocycles. The van der Waals surface area contributed by atoms with E-state index in [1.807, 2.05) is 36.4 Å². The van der Waals surface area contributed by atoms with Crippen molar-refractivity contribution in [3.8, 4) is 17.1 Å². The fourth-order valence-electron chi connectivity index (χ4n) is 2.40. The molecular weight excluding hydrogens is 332 g/mol. The highest BCUT2D eigenvalue weighted by atomic mass is 32.2. The number of ether oxygens (including phenoxy) is 1. The van der Waals surface area contributed by atoms with Gasteiger partial charge in [-0.3, -0.25) is 9.55 Å². The summed E-state index contributed by atoms with van der Waals surface area (Å²) in [5.74, 6) is 2.51. The lowest BCUT2D eigenvalue weighted by Crippen LogP contribution is -2.04. The van der Waals surface area contributed by atoms with Crippen molar-refractivity contribution >= 4 is 11.8 Å². The van der Waals surface area contributed by atoms with Crippen LogP contribution in [0.2, 0.25) is 0 Å². The van der Waals surface area contributed by atoms with Gasteiger partial charge in [0.2, 0.25) is 0 Å². The SMILES string of the molecule is C=CCn1c(SCCOc2cccc(C)c2)nnc1-c1ccncc1. The molecule has 25 heavy (non-hydrogen) atoms. The zero-order valence-electron chi connectivity index (χ0n) is 14.1. The third-order valence-corrected chi connectivity index (χ3v) is 4.47. The highest BCUT2D eigenvalue weighted by Gasteiger charge is 2.13. The Kier molecular flexibility index (Phi) is 5.85. The van der Waals surface area contributed by atoms with Crippen LogP contribution in [0.25, 0.3) is 11.4 Å². The summed E-state index contributed by atoms with van der Waals surface area (Å²) in [7, 11) is 0. The number of nitrogens with zero attached hydrogens (tertiary/aromatic N) is 4. The maximum atomic E-state index is 5.79. The van der Waals surface area contributed by atoms with Crippen molar-refractivity contribution in [3.05, 3.63) is 67.0 Å². The third-order valence-electron chi connectivity index (χ3n) is 3.54. The van der Waals surface area contributed by atoms with Crippen molar-refractivity contribution in [3.63, 3.8) is 0 Å². The van der Waals surface area contributed by atoms with Crippen LogP contribution in [0.4, 0.5) is 0 Å². The van der Waals surface area contributed by atoms with Gasteiger partial charge in [0, 0.05) is 30.3 Å². The van der Waals surface area contributed by atoms with Gasteiger partial charge < -0.3 is 4.74 Å². The molecule has 3 rings (SSSR count). The minimum absolute atomic E-state index is 0.611. The number of aromatic nitrogens is 4. The number of allylic oxidation sites excluding steroid dienone is 1. The van der Waals surface area contributed by atoms with Crippen molar-refractivity contribution in [1.29, 1.82) is 0 Å². The Hall–Kier alpha value is -2.60. The average Bonchev–Trinajstić information content (AvgIpc) is 3.03. The number of aryl methyl sites for hydroxylation is 1. The summed E-state index contributed by atoms with van der Waals surface area (Å²) in [6.45, 7) is 7.16. The Morgan fingerprint density at radius 3 is 2.80 bits per heavy atom. The topological polar surface area (TPSA) is 52.8 Å². The van der Waals surface area contributed by atoms with Crippen LogP contribution in [0.15, 0.2) is 66.6 Å². The third kappa shape index (κ3) is 4.48. The van der Waals surface area contributed by atoms with E-state index in [4.69, 9.17) is 4.74 Å². The van der Waals surface area contributed by atoms with Gasteiger partial charge >= 0.3 is 0 Å². The summed E-state index contributed by atoms with van der Waals surface area (Å²) in [5.41, 5.74) is 2.19. The lowest BCUT2D eigenvalue weighted by atomic mass is 10.2. The molecular formula is C19H20N4OS. The summed E-state index contributed by atoms with van der Waals surface area (Å²) >= 11 is 1.63. The summed E-state index contributed by atoms with van der Waals surface area (Å²) in [6.07, 6.45) is 5.36. The van der Waals surface area contributed by atoms with Gasteiger partial charge in [-0.05, 0) is 36.8 Å². The molecule has 0 unspecified atom stereocenters. The molecule has 5 nitrogen and oxygen atoms in total. The van der Waals surface area contributed by atoms with Crippen molar-refractivity contribution in [2.45, 2.75) is 18.6 Å². The van der Waals surface area contributed by atoms with Crippen LogP contribution in [0, 0.1) is 6.92 Å². The molecule has 1 aromatic carbocycles. The summed E-state index contributed by atoms with van der Waals surface area (Å²) < 4.78 is 7.85. The first-order valence-corrected chi connectivity index (χ1v) is 9.03. The van der Waals surface area contributed by atoms with Gasteiger partial charge in [-0.15, -0.1) is 16.8 Å². The summed E-state index contributed by atoms with van der Waals surface area (Å²) in [6, 6.07) is 11.9. The zero-order chi connectivity index (χ0) is 17.5. The standard InChI is InChI=1S/C19H20N4OS/c1-3-11-23-18(16-7-9-20-10-8-16)21-22-19(23)25-13-12-24-17-6-4-5-15(2)14-17/h3-10,14H,1,11-13H2,2H3. The van der Waals surface area contributed by atoms with Crippen LogP contribution in [-0.4, -0.2) is 32.1 Å². The van der Waals surface area contributed by atoms with Gasteiger partial charge in [-0.2, -0.15) is 0 Å². The first kappa shape index (κ1) is 17.2. The smallest absolute Gasteiger partial charge is 0.191 e. The minimum atomic E-state index is 0.611. The summed E-state index contributed by atoms with van der Waals surface area (Å²) in [5, 5.41) is 9.51. The van der Waals surface area contributed by atoms with Crippen molar-refractivity contribution in [1.82, 2.24) is 19.7 Å². The molecule has 0 spiro atoms. The molecule has 0 amide bonds. The zero-order valence-corrected chi connectivity index (χ0v) is 14.9. The molecule has 6 heteroatoms. The monoisotopic (exact) mass is 352 g/mol. The van der Waals surface area contributed by atoms with E-state index in [1.165, 1.54) is 5.56 Å². The Balaban J connectivity index is 1.64.